The Hall–Kier alpha value is -3.13. The Bertz CT molecular complexity index is 1070. The van der Waals surface area contributed by atoms with E-state index in [9.17, 15) is 9.59 Å². The van der Waals surface area contributed by atoms with Crippen LogP contribution in [0.5, 0.6) is 5.75 Å². The van der Waals surface area contributed by atoms with Crippen molar-refractivity contribution in [2.24, 2.45) is 5.41 Å². The van der Waals surface area contributed by atoms with Crippen molar-refractivity contribution in [1.82, 2.24) is 20.5 Å². The molecule has 2 aromatic rings. The number of carbonyl (C=O) groups excluding carboxylic acids is 2. The normalized spacial score (nSPS) is 19.2. The van der Waals surface area contributed by atoms with Crippen molar-refractivity contribution in [3.63, 3.8) is 0 Å². The lowest BCUT2D eigenvalue weighted by Crippen LogP contribution is -2.49. The van der Waals surface area contributed by atoms with Crippen LogP contribution in [0, 0.1) is 5.41 Å². The van der Waals surface area contributed by atoms with Crippen molar-refractivity contribution >= 4 is 12.0 Å². The maximum absolute atomic E-state index is 13.2. The third-order valence-corrected chi connectivity index (χ3v) is 7.11. The van der Waals surface area contributed by atoms with Gasteiger partial charge in [-0.05, 0) is 83.5 Å². The molecule has 1 aromatic heterocycles. The van der Waals surface area contributed by atoms with Crippen molar-refractivity contribution < 1.29 is 19.1 Å². The molecular formula is C29H40N4O4. The number of ether oxygens (including phenoxy) is 2. The van der Waals surface area contributed by atoms with E-state index in [0.717, 1.165) is 62.1 Å². The molecule has 8 heteroatoms. The van der Waals surface area contributed by atoms with Gasteiger partial charge in [0.15, 0.2) is 0 Å². The minimum atomic E-state index is -0.513. The molecule has 0 saturated carbocycles. The highest BCUT2D eigenvalue weighted by Crippen LogP contribution is 2.36. The van der Waals surface area contributed by atoms with Crippen LogP contribution in [0.3, 0.4) is 0 Å². The van der Waals surface area contributed by atoms with Gasteiger partial charge in [-0.2, -0.15) is 0 Å². The summed E-state index contributed by atoms with van der Waals surface area (Å²) in [6.45, 7) is 9.89. The molecule has 8 nitrogen and oxygen atoms in total. The largest absolute Gasteiger partial charge is 0.493 e. The molecule has 0 aliphatic carbocycles. The average Bonchev–Trinajstić information content (AvgIpc) is 2.88. The Labute approximate surface area is 220 Å². The predicted octanol–water partition coefficient (Wildman–Crippen LogP) is 4.65. The van der Waals surface area contributed by atoms with Gasteiger partial charge in [-0.15, -0.1) is 0 Å². The molecule has 0 unspecified atom stereocenters. The molecule has 2 aliphatic rings. The van der Waals surface area contributed by atoms with E-state index >= 15 is 0 Å². The first-order chi connectivity index (χ1) is 17.7. The van der Waals surface area contributed by atoms with Crippen LogP contribution in [0.15, 0.2) is 42.7 Å². The van der Waals surface area contributed by atoms with Gasteiger partial charge in [0, 0.05) is 43.2 Å². The number of amides is 2. The molecule has 1 fully saturated rings. The number of pyridine rings is 1. The topological polar surface area (TPSA) is 92.8 Å². The van der Waals surface area contributed by atoms with E-state index in [0.29, 0.717) is 31.8 Å². The summed E-state index contributed by atoms with van der Waals surface area (Å²) in [7, 11) is 0. The van der Waals surface area contributed by atoms with Gasteiger partial charge in [0.1, 0.15) is 11.4 Å². The molecule has 1 aromatic carbocycles. The smallest absolute Gasteiger partial charge is 0.410 e. The summed E-state index contributed by atoms with van der Waals surface area (Å²) in [5, 5.41) is 6.72. The van der Waals surface area contributed by atoms with Gasteiger partial charge in [-0.3, -0.25) is 9.78 Å². The Morgan fingerprint density at radius 3 is 2.57 bits per heavy atom. The second-order valence-electron chi connectivity index (χ2n) is 11.2. The van der Waals surface area contributed by atoms with Crippen molar-refractivity contribution in [2.45, 2.75) is 58.5 Å². The van der Waals surface area contributed by atoms with Crippen molar-refractivity contribution in [2.75, 3.05) is 39.3 Å². The zero-order valence-electron chi connectivity index (χ0n) is 22.3. The zero-order valence-corrected chi connectivity index (χ0v) is 22.3. The van der Waals surface area contributed by atoms with Crippen LogP contribution < -0.4 is 15.4 Å². The van der Waals surface area contributed by atoms with Gasteiger partial charge in [0.05, 0.1) is 12.2 Å². The number of hydrogen-bond acceptors (Lipinski definition) is 6. The molecule has 37 heavy (non-hydrogen) atoms. The number of nitrogens with zero attached hydrogens (tertiary/aromatic N) is 2. The van der Waals surface area contributed by atoms with Gasteiger partial charge in [0.25, 0.3) is 5.91 Å². The molecule has 1 spiro atoms. The Kier molecular flexibility index (Phi) is 8.69. The summed E-state index contributed by atoms with van der Waals surface area (Å²) >= 11 is 0. The summed E-state index contributed by atoms with van der Waals surface area (Å²) < 4.78 is 11.7. The molecule has 2 bridgehead atoms. The van der Waals surface area contributed by atoms with Gasteiger partial charge >= 0.3 is 6.09 Å². The van der Waals surface area contributed by atoms with Crippen molar-refractivity contribution in [3.8, 4) is 16.9 Å². The number of para-hydroxylation sites is 1. The number of carbonyl (C=O) groups is 2. The van der Waals surface area contributed by atoms with Crippen LogP contribution in [0.1, 0.15) is 63.2 Å². The average molecular weight is 509 g/mol. The van der Waals surface area contributed by atoms with Crippen LogP contribution in [-0.2, 0) is 4.74 Å². The van der Waals surface area contributed by atoms with Gasteiger partial charge in [0.2, 0.25) is 0 Å². The van der Waals surface area contributed by atoms with E-state index in [2.05, 4.69) is 15.6 Å². The maximum atomic E-state index is 13.2. The molecule has 3 heterocycles. The SMILES string of the molecule is CC(C)(C)OC(=O)N1CCC2(CCCNCCCOc3ccccc3-c3cncc(c3)C(=O)NC2)CC1. The third kappa shape index (κ3) is 7.44. The van der Waals surface area contributed by atoms with Gasteiger partial charge < -0.3 is 25.0 Å². The monoisotopic (exact) mass is 508 g/mol. The van der Waals surface area contributed by atoms with E-state index in [4.69, 9.17) is 9.47 Å². The summed E-state index contributed by atoms with van der Waals surface area (Å²) in [6.07, 6.45) is 7.65. The molecule has 2 aliphatic heterocycles. The number of likely N-dealkylation sites (tertiary alicyclic amines) is 1. The summed E-state index contributed by atoms with van der Waals surface area (Å²) in [5.41, 5.74) is 1.73. The van der Waals surface area contributed by atoms with E-state index in [1.165, 1.54) is 0 Å². The minimum Gasteiger partial charge on any atom is -0.493 e. The van der Waals surface area contributed by atoms with E-state index in [1.54, 1.807) is 17.3 Å². The standard InChI is InChI=1S/C29H40N4O4/c1-28(2,3)37-27(35)33-15-11-29(12-16-33)10-6-13-30-14-7-17-36-25-9-5-4-8-24(25)22-18-23(20-31-19-22)26(34)32-21-29/h4-5,8-9,18-20,30H,6-7,10-17,21H2,1-3H3,(H,32,34). The quantitative estimate of drug-likeness (QED) is 0.538. The number of hydrogen-bond donors (Lipinski definition) is 2. The molecule has 0 atom stereocenters. The number of fused-ring (bicyclic) bond motifs is 4. The molecule has 2 N–H and O–H groups in total. The summed E-state index contributed by atoms with van der Waals surface area (Å²) in [6, 6.07) is 9.75. The highest BCUT2D eigenvalue weighted by Gasteiger charge is 2.37. The van der Waals surface area contributed by atoms with Gasteiger partial charge in [-0.25, -0.2) is 4.79 Å². The molecule has 1 saturated heterocycles. The van der Waals surface area contributed by atoms with Crippen LogP contribution in [-0.4, -0.2) is 66.8 Å². The lowest BCUT2D eigenvalue weighted by atomic mass is 9.74. The van der Waals surface area contributed by atoms with Crippen LogP contribution >= 0.6 is 0 Å². The highest BCUT2D eigenvalue weighted by atomic mass is 16.6. The Balaban J connectivity index is 1.50. The second-order valence-corrected chi connectivity index (χ2v) is 11.2. The lowest BCUT2D eigenvalue weighted by Gasteiger charge is -2.42. The first kappa shape index (κ1) is 26.9. The first-order valence-electron chi connectivity index (χ1n) is 13.4. The third-order valence-electron chi connectivity index (χ3n) is 7.11. The van der Waals surface area contributed by atoms with Crippen molar-refractivity contribution in [1.29, 1.82) is 0 Å². The predicted molar refractivity (Wildman–Crippen MR) is 144 cm³/mol. The molecule has 4 rings (SSSR count). The number of rotatable bonds is 0. The Morgan fingerprint density at radius 1 is 1.05 bits per heavy atom. The van der Waals surface area contributed by atoms with Crippen LogP contribution in [0.25, 0.3) is 11.1 Å². The highest BCUT2D eigenvalue weighted by molar-refractivity contribution is 5.95. The number of piperidine rings is 1. The summed E-state index contributed by atoms with van der Waals surface area (Å²) in [5.74, 6) is 0.658. The maximum Gasteiger partial charge on any atom is 0.410 e. The summed E-state index contributed by atoms with van der Waals surface area (Å²) in [4.78, 5) is 32.0. The fourth-order valence-corrected chi connectivity index (χ4v) is 5.01. The fourth-order valence-electron chi connectivity index (χ4n) is 5.01. The van der Waals surface area contributed by atoms with Crippen LogP contribution in [0.2, 0.25) is 0 Å². The van der Waals surface area contributed by atoms with Gasteiger partial charge in [-0.1, -0.05) is 18.2 Å². The second kappa shape index (κ2) is 11.9. The molecular weight excluding hydrogens is 468 g/mol. The van der Waals surface area contributed by atoms with E-state index in [-0.39, 0.29) is 17.4 Å². The lowest BCUT2D eigenvalue weighted by molar-refractivity contribution is 0.00854. The first-order valence-corrected chi connectivity index (χ1v) is 13.4. The number of aromatic nitrogens is 1. The van der Waals surface area contributed by atoms with E-state index < -0.39 is 5.60 Å². The molecule has 2 amide bonds. The molecule has 0 radical (unpaired) electrons. The number of benzene rings is 1. The number of nitrogens with one attached hydrogen (secondary N) is 2. The zero-order chi connectivity index (χ0) is 26.3. The minimum absolute atomic E-state index is 0.0649. The van der Waals surface area contributed by atoms with Crippen molar-refractivity contribution in [3.05, 3.63) is 48.3 Å². The van der Waals surface area contributed by atoms with Crippen LogP contribution in [0.4, 0.5) is 4.79 Å². The van der Waals surface area contributed by atoms with E-state index in [1.807, 2.05) is 51.1 Å². The Morgan fingerprint density at radius 2 is 1.78 bits per heavy atom. The molecule has 200 valence electrons. The fraction of sp³-hybridized carbons (Fsp3) is 0.552.